The van der Waals surface area contributed by atoms with E-state index < -0.39 is 6.10 Å². The first-order valence-corrected chi connectivity index (χ1v) is 6.60. The van der Waals surface area contributed by atoms with E-state index in [2.05, 4.69) is 0 Å². The van der Waals surface area contributed by atoms with Gasteiger partial charge in [0.25, 0.3) is 0 Å². The lowest BCUT2D eigenvalue weighted by molar-refractivity contribution is -0.0278. The van der Waals surface area contributed by atoms with Gasteiger partial charge in [0.1, 0.15) is 0 Å². The lowest BCUT2D eigenvalue weighted by Gasteiger charge is -2.19. The molecule has 0 amide bonds. The molecule has 1 aliphatic heterocycles. The zero-order valence-corrected chi connectivity index (χ0v) is 11.2. The highest BCUT2D eigenvalue weighted by Crippen LogP contribution is 2.29. The molecule has 0 spiro atoms. The van der Waals surface area contributed by atoms with Gasteiger partial charge >= 0.3 is 0 Å². The van der Waals surface area contributed by atoms with E-state index >= 15 is 0 Å². The van der Waals surface area contributed by atoms with E-state index in [1.54, 1.807) is 18.2 Å². The SMILES string of the molecule is CC1CCC(C(O)Cc2c(Cl)cccc2Cl)O1. The Labute approximate surface area is 111 Å². The van der Waals surface area contributed by atoms with Crippen LogP contribution in [0.25, 0.3) is 0 Å². The number of rotatable bonds is 3. The predicted octanol–water partition coefficient (Wildman–Crippen LogP) is 3.46. The Balaban J connectivity index is 2.05. The fraction of sp³-hybridized carbons (Fsp3) is 0.538. The second-order valence-corrected chi connectivity index (χ2v) is 5.35. The van der Waals surface area contributed by atoms with Gasteiger partial charge in [-0.2, -0.15) is 0 Å². The monoisotopic (exact) mass is 274 g/mol. The van der Waals surface area contributed by atoms with Crippen LogP contribution in [-0.4, -0.2) is 23.4 Å². The summed E-state index contributed by atoms with van der Waals surface area (Å²) in [6, 6.07) is 5.37. The molecule has 1 heterocycles. The first kappa shape index (κ1) is 13.2. The van der Waals surface area contributed by atoms with Crippen molar-refractivity contribution in [2.45, 2.75) is 44.5 Å². The van der Waals surface area contributed by atoms with E-state index in [4.69, 9.17) is 27.9 Å². The van der Waals surface area contributed by atoms with Crippen LogP contribution in [0.3, 0.4) is 0 Å². The van der Waals surface area contributed by atoms with Gasteiger partial charge in [0.15, 0.2) is 0 Å². The van der Waals surface area contributed by atoms with Crippen LogP contribution in [0.4, 0.5) is 0 Å². The number of halogens is 2. The normalized spacial score (nSPS) is 26.1. The van der Waals surface area contributed by atoms with Crippen LogP contribution < -0.4 is 0 Å². The summed E-state index contributed by atoms with van der Waals surface area (Å²) in [5.41, 5.74) is 0.798. The van der Waals surface area contributed by atoms with Gasteiger partial charge in [-0.1, -0.05) is 29.3 Å². The fourth-order valence-corrected chi connectivity index (χ4v) is 2.74. The number of aliphatic hydroxyl groups is 1. The van der Waals surface area contributed by atoms with Crippen LogP contribution in [0, 0.1) is 0 Å². The van der Waals surface area contributed by atoms with Gasteiger partial charge in [0.2, 0.25) is 0 Å². The minimum absolute atomic E-state index is 0.0997. The third-order valence-corrected chi connectivity index (χ3v) is 3.88. The van der Waals surface area contributed by atoms with Crippen LogP contribution in [0.1, 0.15) is 25.3 Å². The third-order valence-electron chi connectivity index (χ3n) is 3.17. The second-order valence-electron chi connectivity index (χ2n) is 4.53. The van der Waals surface area contributed by atoms with Gasteiger partial charge in [-0.3, -0.25) is 0 Å². The fourth-order valence-electron chi connectivity index (χ4n) is 2.18. The van der Waals surface area contributed by atoms with Gasteiger partial charge in [-0.05, 0) is 37.5 Å². The molecular formula is C13H16Cl2O2. The maximum absolute atomic E-state index is 10.1. The smallest absolute Gasteiger partial charge is 0.0843 e. The minimum Gasteiger partial charge on any atom is -0.390 e. The molecule has 0 radical (unpaired) electrons. The van der Waals surface area contributed by atoms with E-state index in [0.717, 1.165) is 18.4 Å². The molecule has 3 atom stereocenters. The van der Waals surface area contributed by atoms with Crippen molar-refractivity contribution in [3.63, 3.8) is 0 Å². The zero-order chi connectivity index (χ0) is 12.4. The number of ether oxygens (including phenoxy) is 1. The first-order chi connectivity index (χ1) is 8.08. The Kier molecular flexibility index (Phi) is 4.31. The van der Waals surface area contributed by atoms with Crippen molar-refractivity contribution in [1.82, 2.24) is 0 Å². The molecular weight excluding hydrogens is 259 g/mol. The molecule has 3 unspecified atom stereocenters. The van der Waals surface area contributed by atoms with Crippen molar-refractivity contribution in [3.05, 3.63) is 33.8 Å². The quantitative estimate of drug-likeness (QED) is 0.915. The van der Waals surface area contributed by atoms with Crippen LogP contribution >= 0.6 is 23.2 Å². The third kappa shape index (κ3) is 3.14. The first-order valence-electron chi connectivity index (χ1n) is 5.84. The Hall–Kier alpha value is -0.280. The second kappa shape index (κ2) is 5.57. The number of aliphatic hydroxyl groups excluding tert-OH is 1. The van der Waals surface area contributed by atoms with Gasteiger partial charge in [0.05, 0.1) is 18.3 Å². The number of benzene rings is 1. The van der Waals surface area contributed by atoms with Crippen LogP contribution in [0.15, 0.2) is 18.2 Å². The van der Waals surface area contributed by atoms with Crippen molar-refractivity contribution in [1.29, 1.82) is 0 Å². The lowest BCUT2D eigenvalue weighted by Crippen LogP contribution is -2.28. The molecule has 0 aromatic heterocycles. The molecule has 1 aromatic rings. The van der Waals surface area contributed by atoms with E-state index in [1.165, 1.54) is 0 Å². The summed E-state index contributed by atoms with van der Waals surface area (Å²) in [7, 11) is 0. The molecule has 0 aliphatic carbocycles. The Morgan fingerprint density at radius 2 is 2.00 bits per heavy atom. The molecule has 17 heavy (non-hydrogen) atoms. The Morgan fingerprint density at radius 1 is 1.35 bits per heavy atom. The van der Waals surface area contributed by atoms with Crippen LogP contribution in [-0.2, 0) is 11.2 Å². The van der Waals surface area contributed by atoms with Gasteiger partial charge in [-0.25, -0.2) is 0 Å². The van der Waals surface area contributed by atoms with Gasteiger partial charge in [0, 0.05) is 16.5 Å². The molecule has 2 nitrogen and oxygen atoms in total. The lowest BCUT2D eigenvalue weighted by atomic mass is 10.0. The Morgan fingerprint density at radius 3 is 2.53 bits per heavy atom. The van der Waals surface area contributed by atoms with Crippen molar-refractivity contribution < 1.29 is 9.84 Å². The highest BCUT2D eigenvalue weighted by molar-refractivity contribution is 6.35. The van der Waals surface area contributed by atoms with E-state index in [1.807, 2.05) is 6.92 Å². The summed E-state index contributed by atoms with van der Waals surface area (Å²) >= 11 is 12.1. The van der Waals surface area contributed by atoms with Crippen LogP contribution in [0.2, 0.25) is 10.0 Å². The van der Waals surface area contributed by atoms with Gasteiger partial charge < -0.3 is 9.84 Å². The number of hydrogen-bond donors (Lipinski definition) is 1. The highest BCUT2D eigenvalue weighted by atomic mass is 35.5. The van der Waals surface area contributed by atoms with E-state index in [-0.39, 0.29) is 12.2 Å². The molecule has 94 valence electrons. The molecule has 2 rings (SSSR count). The van der Waals surface area contributed by atoms with Gasteiger partial charge in [-0.15, -0.1) is 0 Å². The summed E-state index contributed by atoms with van der Waals surface area (Å²) in [5, 5.41) is 11.3. The molecule has 1 saturated heterocycles. The van der Waals surface area contributed by atoms with Crippen LogP contribution in [0.5, 0.6) is 0 Å². The zero-order valence-electron chi connectivity index (χ0n) is 9.70. The molecule has 1 aliphatic rings. The summed E-state index contributed by atoms with van der Waals surface area (Å²) in [6.45, 7) is 2.02. The maximum Gasteiger partial charge on any atom is 0.0843 e. The largest absolute Gasteiger partial charge is 0.390 e. The summed E-state index contributed by atoms with van der Waals surface area (Å²) in [4.78, 5) is 0. The maximum atomic E-state index is 10.1. The summed E-state index contributed by atoms with van der Waals surface area (Å²) in [6.07, 6.45) is 1.92. The Bertz CT molecular complexity index is 375. The van der Waals surface area contributed by atoms with Crippen molar-refractivity contribution in [2.75, 3.05) is 0 Å². The van der Waals surface area contributed by atoms with E-state index in [9.17, 15) is 5.11 Å². The average molecular weight is 275 g/mol. The average Bonchev–Trinajstić information content (AvgIpc) is 2.70. The molecule has 4 heteroatoms. The van der Waals surface area contributed by atoms with E-state index in [0.29, 0.717) is 16.5 Å². The summed E-state index contributed by atoms with van der Waals surface area (Å²) in [5.74, 6) is 0. The molecule has 1 fully saturated rings. The number of hydrogen-bond acceptors (Lipinski definition) is 2. The minimum atomic E-state index is -0.544. The summed E-state index contributed by atoms with van der Waals surface area (Å²) < 4.78 is 5.64. The predicted molar refractivity (Wildman–Crippen MR) is 69.7 cm³/mol. The molecule has 1 aromatic carbocycles. The molecule has 0 saturated carbocycles. The molecule has 1 N–H and O–H groups in total. The highest BCUT2D eigenvalue weighted by Gasteiger charge is 2.29. The standard InChI is InChI=1S/C13H16Cl2O2/c1-8-5-6-13(17-8)12(16)7-9-10(14)3-2-4-11(9)15/h2-4,8,12-13,16H,5-7H2,1H3. The van der Waals surface area contributed by atoms with Crippen molar-refractivity contribution >= 4 is 23.2 Å². The van der Waals surface area contributed by atoms with Crippen molar-refractivity contribution in [2.24, 2.45) is 0 Å². The van der Waals surface area contributed by atoms with Crippen molar-refractivity contribution in [3.8, 4) is 0 Å². The molecule has 0 bridgehead atoms. The topological polar surface area (TPSA) is 29.5 Å².